The van der Waals surface area contributed by atoms with Crippen LogP contribution in [0.2, 0.25) is 0 Å². The molecule has 0 saturated carbocycles. The first-order valence-electron chi connectivity index (χ1n) is 11.6. The summed E-state index contributed by atoms with van der Waals surface area (Å²) in [6.07, 6.45) is 11.5. The number of dihydropyridines is 1. The van der Waals surface area contributed by atoms with E-state index in [1.807, 2.05) is 0 Å². The number of nitrogens with zero attached hydrogens (tertiary/aromatic N) is 1. The average Bonchev–Trinajstić information content (AvgIpc) is 2.81. The van der Waals surface area contributed by atoms with Gasteiger partial charge in [-0.3, -0.25) is 14.9 Å². The lowest BCUT2D eigenvalue weighted by Gasteiger charge is -2.30. The normalized spacial score (nSPS) is 15.4. The molecule has 0 spiro atoms. The maximum Gasteiger partial charge on any atom is 0.336 e. The number of ether oxygens (including phenoxy) is 1. The number of benzene rings is 1. The van der Waals surface area contributed by atoms with Crippen LogP contribution >= 0.6 is 0 Å². The predicted octanol–water partition coefficient (Wildman–Crippen LogP) is 4.48. The number of nitrogens with one attached hydrogen (secondary N) is 2. The van der Waals surface area contributed by atoms with Crippen LogP contribution in [0.1, 0.15) is 70.8 Å². The molecule has 0 aromatic heterocycles. The van der Waals surface area contributed by atoms with E-state index in [1.165, 1.54) is 12.5 Å². The molecular weight excluding hydrogens is 434 g/mol. The van der Waals surface area contributed by atoms with E-state index < -0.39 is 22.7 Å². The van der Waals surface area contributed by atoms with Gasteiger partial charge in [0, 0.05) is 28.6 Å². The summed E-state index contributed by atoms with van der Waals surface area (Å²) in [4.78, 5) is 37.5. The van der Waals surface area contributed by atoms with Crippen LogP contribution in [-0.4, -0.2) is 30.0 Å². The van der Waals surface area contributed by atoms with Crippen molar-refractivity contribution in [3.8, 4) is 12.3 Å². The topological polar surface area (TPSA) is 111 Å². The Morgan fingerprint density at radius 1 is 1.12 bits per heavy atom. The van der Waals surface area contributed by atoms with Crippen molar-refractivity contribution in [1.82, 2.24) is 10.6 Å². The Balaban J connectivity index is 2.39. The third-order valence-corrected chi connectivity index (χ3v) is 5.75. The van der Waals surface area contributed by atoms with Crippen LogP contribution in [0, 0.1) is 22.5 Å². The number of nitro benzene ring substituents is 1. The summed E-state index contributed by atoms with van der Waals surface area (Å²) in [6.45, 7) is 5.77. The molecule has 2 N–H and O–H groups in total. The van der Waals surface area contributed by atoms with Crippen LogP contribution in [0.15, 0.2) is 46.8 Å². The monoisotopic (exact) mass is 467 g/mol. The number of amides is 1. The first-order chi connectivity index (χ1) is 16.3. The molecule has 1 amide bonds. The SMILES string of the molecule is C#CCNC(=O)C1=C(C)NC(C)=C(C(=O)OCCCCCCCC)C1c1ccccc1[N+](=O)[O-]. The molecule has 2 rings (SSSR count). The summed E-state index contributed by atoms with van der Waals surface area (Å²) < 4.78 is 5.56. The van der Waals surface area contributed by atoms with Gasteiger partial charge in [0.25, 0.3) is 11.6 Å². The molecule has 1 aliphatic heterocycles. The van der Waals surface area contributed by atoms with Gasteiger partial charge in [-0.1, -0.05) is 63.1 Å². The zero-order valence-corrected chi connectivity index (χ0v) is 20.1. The standard InChI is InChI=1S/C26H33N3O5/c1-5-7-8-9-10-13-17-34-26(31)23-19(4)28-18(3)22(25(30)27-16-6-2)24(23)20-14-11-12-15-21(20)29(32)33/h2,11-12,14-15,24,28H,5,7-10,13,16-17H2,1,3-4H3,(H,27,30). The molecule has 0 fully saturated rings. The zero-order chi connectivity index (χ0) is 25.1. The van der Waals surface area contributed by atoms with Crippen molar-refractivity contribution in [1.29, 1.82) is 0 Å². The number of carbonyl (C=O) groups excluding carboxylic acids is 2. The van der Waals surface area contributed by atoms with Crippen molar-refractivity contribution in [2.75, 3.05) is 13.2 Å². The van der Waals surface area contributed by atoms with Crippen molar-refractivity contribution in [2.45, 2.75) is 65.2 Å². The summed E-state index contributed by atoms with van der Waals surface area (Å²) in [5.41, 5.74) is 1.41. The Bertz CT molecular complexity index is 1020. The number of para-hydroxylation sites is 1. The van der Waals surface area contributed by atoms with Crippen LogP contribution in [0.25, 0.3) is 0 Å². The van der Waals surface area contributed by atoms with Crippen molar-refractivity contribution in [2.24, 2.45) is 0 Å². The molecule has 8 heteroatoms. The summed E-state index contributed by atoms with van der Waals surface area (Å²) in [5, 5.41) is 17.5. The minimum atomic E-state index is -0.974. The van der Waals surface area contributed by atoms with Gasteiger partial charge in [-0.05, 0) is 20.3 Å². The first kappa shape index (κ1) is 26.7. The molecule has 34 heavy (non-hydrogen) atoms. The second-order valence-electron chi connectivity index (χ2n) is 8.24. The molecule has 182 valence electrons. The lowest BCUT2D eigenvalue weighted by atomic mass is 9.79. The van der Waals surface area contributed by atoms with Crippen molar-refractivity contribution in [3.05, 3.63) is 62.5 Å². The van der Waals surface area contributed by atoms with E-state index in [9.17, 15) is 19.7 Å². The quantitative estimate of drug-likeness (QED) is 0.154. The van der Waals surface area contributed by atoms with Crippen LogP contribution in [0.5, 0.6) is 0 Å². The smallest absolute Gasteiger partial charge is 0.336 e. The van der Waals surface area contributed by atoms with Gasteiger partial charge in [0.1, 0.15) is 0 Å². The van der Waals surface area contributed by atoms with Gasteiger partial charge in [-0.2, -0.15) is 0 Å². The van der Waals surface area contributed by atoms with Crippen molar-refractivity contribution in [3.63, 3.8) is 0 Å². The highest BCUT2D eigenvalue weighted by Crippen LogP contribution is 2.42. The number of allylic oxidation sites excluding steroid dienone is 2. The first-order valence-corrected chi connectivity index (χ1v) is 11.6. The van der Waals surface area contributed by atoms with Crippen LogP contribution in [-0.2, 0) is 14.3 Å². The van der Waals surface area contributed by atoms with E-state index in [4.69, 9.17) is 11.2 Å². The van der Waals surface area contributed by atoms with Gasteiger partial charge in [0.05, 0.1) is 29.6 Å². The largest absolute Gasteiger partial charge is 0.462 e. The third kappa shape index (κ3) is 6.70. The van der Waals surface area contributed by atoms with Crippen molar-refractivity contribution < 1.29 is 19.2 Å². The van der Waals surface area contributed by atoms with E-state index in [-0.39, 0.29) is 35.5 Å². The minimum Gasteiger partial charge on any atom is -0.462 e. The molecule has 0 aliphatic carbocycles. The molecule has 1 aromatic carbocycles. The van der Waals surface area contributed by atoms with E-state index in [2.05, 4.69) is 23.5 Å². The summed E-state index contributed by atoms with van der Waals surface area (Å²) >= 11 is 0. The van der Waals surface area contributed by atoms with E-state index in [0.29, 0.717) is 11.4 Å². The zero-order valence-electron chi connectivity index (χ0n) is 20.1. The van der Waals surface area contributed by atoms with Crippen LogP contribution in [0.4, 0.5) is 5.69 Å². The van der Waals surface area contributed by atoms with Crippen molar-refractivity contribution >= 4 is 17.6 Å². The summed E-state index contributed by atoms with van der Waals surface area (Å²) in [6, 6.07) is 6.11. The molecule has 1 unspecified atom stereocenters. The Kier molecular flexibility index (Phi) is 10.3. The van der Waals surface area contributed by atoms with Gasteiger partial charge >= 0.3 is 5.97 Å². The number of unbranched alkanes of at least 4 members (excludes halogenated alkanes) is 5. The Morgan fingerprint density at radius 3 is 2.44 bits per heavy atom. The summed E-state index contributed by atoms with van der Waals surface area (Å²) in [5.74, 6) is 0.270. The second kappa shape index (κ2) is 13.2. The predicted molar refractivity (Wildman–Crippen MR) is 131 cm³/mol. The van der Waals surface area contributed by atoms with E-state index >= 15 is 0 Å². The summed E-state index contributed by atoms with van der Waals surface area (Å²) in [7, 11) is 0. The van der Waals surface area contributed by atoms with Gasteiger partial charge in [-0.25, -0.2) is 4.79 Å². The lowest BCUT2D eigenvalue weighted by molar-refractivity contribution is -0.385. The second-order valence-corrected chi connectivity index (χ2v) is 8.24. The highest BCUT2D eigenvalue weighted by Gasteiger charge is 2.40. The molecule has 0 bridgehead atoms. The number of esters is 1. The fraction of sp³-hybridized carbons (Fsp3) is 0.462. The number of terminal acetylenes is 1. The van der Waals surface area contributed by atoms with Gasteiger partial charge in [-0.15, -0.1) is 6.42 Å². The Labute approximate surface area is 201 Å². The molecule has 1 atom stereocenters. The van der Waals surface area contributed by atoms with Gasteiger partial charge < -0.3 is 15.4 Å². The number of nitro groups is 1. The van der Waals surface area contributed by atoms with E-state index in [1.54, 1.807) is 32.0 Å². The number of hydrogen-bond donors (Lipinski definition) is 2. The Hall–Kier alpha value is -3.60. The molecule has 0 saturated heterocycles. The number of carbonyl (C=O) groups is 2. The molecule has 1 aliphatic rings. The van der Waals surface area contributed by atoms with Crippen LogP contribution < -0.4 is 10.6 Å². The van der Waals surface area contributed by atoms with Gasteiger partial charge in [0.15, 0.2) is 0 Å². The molecule has 8 nitrogen and oxygen atoms in total. The number of rotatable bonds is 12. The fourth-order valence-electron chi connectivity index (χ4n) is 4.13. The van der Waals surface area contributed by atoms with Crippen LogP contribution in [0.3, 0.4) is 0 Å². The highest BCUT2D eigenvalue weighted by atomic mass is 16.6. The molecule has 1 aromatic rings. The average molecular weight is 468 g/mol. The van der Waals surface area contributed by atoms with Gasteiger partial charge in [0.2, 0.25) is 0 Å². The molecular formula is C26H33N3O5. The molecule has 1 heterocycles. The maximum atomic E-state index is 13.2. The molecule has 0 radical (unpaired) electrons. The lowest BCUT2D eigenvalue weighted by Crippen LogP contribution is -2.37. The minimum absolute atomic E-state index is 0.0142. The van der Waals surface area contributed by atoms with E-state index in [0.717, 1.165) is 32.1 Å². The number of hydrogen-bond acceptors (Lipinski definition) is 6. The Morgan fingerprint density at radius 2 is 1.76 bits per heavy atom. The maximum absolute atomic E-state index is 13.2. The highest BCUT2D eigenvalue weighted by molar-refractivity contribution is 6.02. The fourth-order valence-corrected chi connectivity index (χ4v) is 4.13. The third-order valence-electron chi connectivity index (χ3n) is 5.75.